The van der Waals surface area contributed by atoms with Crippen molar-refractivity contribution in [1.29, 1.82) is 0 Å². The molecular formula is C16H17N9O. The van der Waals surface area contributed by atoms with Gasteiger partial charge in [0.15, 0.2) is 0 Å². The molecule has 0 saturated carbocycles. The van der Waals surface area contributed by atoms with E-state index in [2.05, 4.69) is 46.6 Å². The highest BCUT2D eigenvalue weighted by atomic mass is 16.2. The van der Waals surface area contributed by atoms with Crippen LogP contribution >= 0.6 is 0 Å². The first-order chi connectivity index (χ1) is 12.7. The third kappa shape index (κ3) is 3.29. The molecule has 10 heteroatoms. The van der Waals surface area contributed by atoms with Gasteiger partial charge in [0.05, 0.1) is 18.1 Å². The van der Waals surface area contributed by atoms with Crippen molar-refractivity contribution in [3.8, 4) is 11.3 Å². The van der Waals surface area contributed by atoms with Gasteiger partial charge in [0.2, 0.25) is 0 Å². The maximum Gasteiger partial charge on any atom is 0.320 e. The van der Waals surface area contributed by atoms with Crippen molar-refractivity contribution in [3.05, 3.63) is 36.3 Å². The number of pyridine rings is 2. The molecule has 1 aliphatic rings. The molecule has 0 radical (unpaired) electrons. The summed E-state index contributed by atoms with van der Waals surface area (Å²) in [6, 6.07) is 5.30. The Morgan fingerprint density at radius 2 is 2.27 bits per heavy atom. The Labute approximate surface area is 148 Å². The number of H-pyrrole nitrogens is 1. The third-order valence-electron chi connectivity index (χ3n) is 3.98. The molecule has 132 valence electrons. The van der Waals surface area contributed by atoms with E-state index in [1.807, 2.05) is 19.1 Å². The number of carbonyl (C=O) groups excluding carboxylic acids is 1. The van der Waals surface area contributed by atoms with Crippen LogP contribution in [-0.2, 0) is 0 Å². The monoisotopic (exact) mass is 351 g/mol. The molecule has 0 aromatic carbocycles. The summed E-state index contributed by atoms with van der Waals surface area (Å²) < 4.78 is 0. The van der Waals surface area contributed by atoms with Crippen molar-refractivity contribution in [1.82, 2.24) is 30.9 Å². The van der Waals surface area contributed by atoms with Crippen LogP contribution in [0.4, 0.5) is 10.6 Å². The van der Waals surface area contributed by atoms with E-state index in [1.165, 1.54) is 0 Å². The topological polar surface area (TPSA) is 132 Å². The van der Waals surface area contributed by atoms with Crippen LogP contribution in [0.2, 0.25) is 0 Å². The van der Waals surface area contributed by atoms with Crippen LogP contribution in [0.5, 0.6) is 0 Å². The Bertz CT molecular complexity index is 973. The fourth-order valence-corrected chi connectivity index (χ4v) is 2.68. The van der Waals surface area contributed by atoms with Gasteiger partial charge in [-0.15, -0.1) is 0 Å². The largest absolute Gasteiger partial charge is 0.336 e. The minimum absolute atomic E-state index is 0.0233. The Balaban J connectivity index is 1.47. The van der Waals surface area contributed by atoms with Crippen LogP contribution in [-0.4, -0.2) is 45.3 Å². The Morgan fingerprint density at radius 1 is 1.35 bits per heavy atom. The standard InChI is InChI=1S/C16H17N9O/c1-9-4-10(2-3-17-9)15-12-8-18-14(5-13(12)23-24-15)21-16(26)19-6-11-7-20-25-22-11/h2-5,8,11H,6-7H2,1H3,(H,20,22)(H,23,24)(H2,18,19,21,26). The third-order valence-corrected chi connectivity index (χ3v) is 3.98. The highest BCUT2D eigenvalue weighted by molar-refractivity contribution is 5.95. The molecule has 0 fully saturated rings. The summed E-state index contributed by atoms with van der Waals surface area (Å²) >= 11 is 0. The summed E-state index contributed by atoms with van der Waals surface area (Å²) in [7, 11) is 0. The van der Waals surface area contributed by atoms with Crippen LogP contribution in [0.15, 0.2) is 40.9 Å². The van der Waals surface area contributed by atoms with E-state index in [1.54, 1.807) is 18.5 Å². The highest BCUT2D eigenvalue weighted by Crippen LogP contribution is 2.26. The second kappa shape index (κ2) is 6.75. The molecule has 4 N–H and O–H groups in total. The first-order valence-electron chi connectivity index (χ1n) is 8.13. The number of anilines is 1. The summed E-state index contributed by atoms with van der Waals surface area (Å²) in [5.74, 6) is 0.435. The van der Waals surface area contributed by atoms with E-state index in [0.717, 1.165) is 27.9 Å². The van der Waals surface area contributed by atoms with Gasteiger partial charge in [0.25, 0.3) is 0 Å². The lowest BCUT2D eigenvalue weighted by Gasteiger charge is -2.10. The Morgan fingerprint density at radius 3 is 3.08 bits per heavy atom. The molecule has 26 heavy (non-hydrogen) atoms. The number of urea groups is 1. The molecule has 0 bridgehead atoms. The van der Waals surface area contributed by atoms with E-state index in [9.17, 15) is 4.79 Å². The van der Waals surface area contributed by atoms with Gasteiger partial charge >= 0.3 is 6.03 Å². The predicted molar refractivity (Wildman–Crippen MR) is 95.5 cm³/mol. The lowest BCUT2D eigenvalue weighted by Crippen LogP contribution is -2.40. The molecule has 1 atom stereocenters. The number of rotatable bonds is 4. The minimum Gasteiger partial charge on any atom is -0.336 e. The Kier molecular flexibility index (Phi) is 4.14. The van der Waals surface area contributed by atoms with Crippen LogP contribution in [0.25, 0.3) is 22.2 Å². The number of hydrogen-bond acceptors (Lipinski definition) is 7. The predicted octanol–water partition coefficient (Wildman–Crippen LogP) is 1.79. The molecule has 0 saturated heterocycles. The van der Waals surface area contributed by atoms with Crippen molar-refractivity contribution in [2.45, 2.75) is 13.0 Å². The average Bonchev–Trinajstić information content (AvgIpc) is 3.29. The average molecular weight is 351 g/mol. The molecule has 4 heterocycles. The molecular weight excluding hydrogens is 334 g/mol. The van der Waals surface area contributed by atoms with Crippen LogP contribution in [0.1, 0.15) is 5.69 Å². The molecule has 4 rings (SSSR count). The lowest BCUT2D eigenvalue weighted by atomic mass is 10.1. The van der Waals surface area contributed by atoms with Gasteiger partial charge < -0.3 is 5.32 Å². The zero-order valence-electron chi connectivity index (χ0n) is 14.0. The maximum absolute atomic E-state index is 12.0. The summed E-state index contributed by atoms with van der Waals surface area (Å²) in [6.07, 6.45) is 3.44. The summed E-state index contributed by atoms with van der Waals surface area (Å²) in [6.45, 7) is 2.91. The molecule has 1 unspecified atom stereocenters. The van der Waals surface area contributed by atoms with E-state index in [4.69, 9.17) is 0 Å². The van der Waals surface area contributed by atoms with Gasteiger partial charge in [0.1, 0.15) is 11.5 Å². The van der Waals surface area contributed by atoms with Gasteiger partial charge in [-0.05, 0) is 19.1 Å². The van der Waals surface area contributed by atoms with Gasteiger partial charge in [-0.25, -0.2) is 9.78 Å². The number of amides is 2. The Hall–Kier alpha value is -3.56. The zero-order valence-corrected chi connectivity index (χ0v) is 14.0. The fraction of sp³-hybridized carbons (Fsp3) is 0.250. The van der Waals surface area contributed by atoms with Crippen molar-refractivity contribution in [2.24, 2.45) is 10.3 Å². The first-order valence-corrected chi connectivity index (χ1v) is 8.13. The minimum atomic E-state index is -0.338. The van der Waals surface area contributed by atoms with Gasteiger partial charge in [0, 0.05) is 41.6 Å². The molecule has 2 amide bonds. The number of aryl methyl sites for hydroxylation is 1. The van der Waals surface area contributed by atoms with Crippen LogP contribution in [0, 0.1) is 6.92 Å². The highest BCUT2D eigenvalue weighted by Gasteiger charge is 2.14. The molecule has 1 aliphatic heterocycles. The second-order valence-electron chi connectivity index (χ2n) is 5.96. The second-order valence-corrected chi connectivity index (χ2v) is 5.96. The molecule has 0 spiro atoms. The van der Waals surface area contributed by atoms with Gasteiger partial charge in [-0.1, -0.05) is 5.22 Å². The van der Waals surface area contributed by atoms with Crippen molar-refractivity contribution < 1.29 is 4.79 Å². The summed E-state index contributed by atoms with van der Waals surface area (Å²) in [4.78, 5) is 20.5. The molecule has 3 aromatic rings. The molecule has 3 aromatic heterocycles. The van der Waals surface area contributed by atoms with Gasteiger partial charge in [-0.3, -0.25) is 20.8 Å². The number of aromatic nitrogens is 4. The molecule has 0 aliphatic carbocycles. The van der Waals surface area contributed by atoms with Crippen molar-refractivity contribution in [2.75, 3.05) is 18.4 Å². The van der Waals surface area contributed by atoms with E-state index < -0.39 is 0 Å². The number of nitrogens with zero attached hydrogens (tertiary/aromatic N) is 5. The number of aromatic amines is 1. The number of nitrogens with one attached hydrogen (secondary N) is 4. The van der Waals surface area contributed by atoms with E-state index in [0.29, 0.717) is 18.9 Å². The smallest absolute Gasteiger partial charge is 0.320 e. The summed E-state index contributed by atoms with van der Waals surface area (Å²) in [5.41, 5.74) is 6.27. The number of fused-ring (bicyclic) bond motifs is 1. The first kappa shape index (κ1) is 15.9. The fourth-order valence-electron chi connectivity index (χ4n) is 2.68. The molecule has 10 nitrogen and oxygen atoms in total. The normalized spacial score (nSPS) is 15.8. The quantitative estimate of drug-likeness (QED) is 0.569. The summed E-state index contributed by atoms with van der Waals surface area (Å²) in [5, 5.41) is 21.2. The van der Waals surface area contributed by atoms with Crippen LogP contribution < -0.4 is 16.1 Å². The van der Waals surface area contributed by atoms with Crippen LogP contribution in [0.3, 0.4) is 0 Å². The lowest BCUT2D eigenvalue weighted by molar-refractivity contribution is 0.251. The van der Waals surface area contributed by atoms with Gasteiger partial charge in [-0.2, -0.15) is 10.2 Å². The van der Waals surface area contributed by atoms with Crippen molar-refractivity contribution in [3.63, 3.8) is 0 Å². The number of carbonyl (C=O) groups is 1. The number of hydrogen-bond donors (Lipinski definition) is 4. The van der Waals surface area contributed by atoms with Crippen molar-refractivity contribution >= 4 is 22.8 Å². The maximum atomic E-state index is 12.0. The SMILES string of the molecule is Cc1cc(-c2n[nH]c3cc(NC(=O)NCC4CN=NN4)ncc23)ccn1. The van der Waals surface area contributed by atoms with E-state index in [-0.39, 0.29) is 12.1 Å². The van der Waals surface area contributed by atoms with E-state index >= 15 is 0 Å². The zero-order chi connectivity index (χ0) is 17.9.